The summed E-state index contributed by atoms with van der Waals surface area (Å²) in [5.41, 5.74) is 0. The Bertz CT molecular complexity index is 305. The second-order valence-electron chi connectivity index (χ2n) is 3.47. The van der Waals surface area contributed by atoms with Gasteiger partial charge in [-0.1, -0.05) is 0 Å². The largest absolute Gasteiger partial charge is 0.386 e. The summed E-state index contributed by atoms with van der Waals surface area (Å²) in [6.45, 7) is 0.657. The summed E-state index contributed by atoms with van der Waals surface area (Å²) >= 11 is 8.40. The van der Waals surface area contributed by atoms with Gasteiger partial charge in [0.25, 0.3) is 0 Å². The number of hydrogen-bond acceptors (Lipinski definition) is 3. The number of nitrogens with one attached hydrogen (secondary N) is 1. The van der Waals surface area contributed by atoms with Gasteiger partial charge < -0.3 is 10.4 Å². The van der Waals surface area contributed by atoms with Gasteiger partial charge in [-0.2, -0.15) is 0 Å². The van der Waals surface area contributed by atoms with E-state index in [1.165, 1.54) is 12.8 Å². The zero-order chi connectivity index (χ0) is 10.1. The number of hydrogen-bond donors (Lipinski definition) is 2. The topological polar surface area (TPSA) is 32.3 Å². The fourth-order valence-corrected chi connectivity index (χ4v) is 3.27. The van der Waals surface area contributed by atoms with Crippen molar-refractivity contribution in [2.45, 2.75) is 25.0 Å². The van der Waals surface area contributed by atoms with Gasteiger partial charge in [0.2, 0.25) is 0 Å². The van der Waals surface area contributed by atoms with Crippen molar-refractivity contribution in [1.29, 1.82) is 0 Å². The van der Waals surface area contributed by atoms with Crippen LogP contribution in [0.3, 0.4) is 0 Å². The molecule has 14 heavy (non-hydrogen) atoms. The number of rotatable bonds is 4. The van der Waals surface area contributed by atoms with Crippen molar-refractivity contribution >= 4 is 43.2 Å². The first-order chi connectivity index (χ1) is 6.66. The zero-order valence-corrected chi connectivity index (χ0v) is 11.5. The third-order valence-corrected chi connectivity index (χ3v) is 5.53. The molecule has 1 aromatic rings. The molecule has 1 unspecified atom stereocenters. The van der Waals surface area contributed by atoms with Crippen LogP contribution >= 0.6 is 43.2 Å². The van der Waals surface area contributed by atoms with Gasteiger partial charge in [-0.25, -0.2) is 0 Å². The predicted molar refractivity (Wildman–Crippen MR) is 65.7 cm³/mol. The van der Waals surface area contributed by atoms with Gasteiger partial charge in [0.15, 0.2) is 0 Å². The summed E-state index contributed by atoms with van der Waals surface area (Å²) in [6.07, 6.45) is 2.12. The molecule has 1 atom stereocenters. The molecule has 0 aromatic carbocycles. The highest BCUT2D eigenvalue weighted by molar-refractivity contribution is 9.13. The summed E-state index contributed by atoms with van der Waals surface area (Å²) < 4.78 is 2.06. The molecular formula is C9H11Br2NOS. The maximum absolute atomic E-state index is 9.84. The van der Waals surface area contributed by atoms with Crippen molar-refractivity contribution in [3.63, 3.8) is 0 Å². The Morgan fingerprint density at radius 3 is 2.79 bits per heavy atom. The molecule has 2 N–H and O–H groups in total. The summed E-state index contributed by atoms with van der Waals surface area (Å²) in [5, 5.41) is 13.2. The maximum atomic E-state index is 9.84. The minimum absolute atomic E-state index is 0.386. The van der Waals surface area contributed by atoms with E-state index in [9.17, 15) is 5.11 Å². The van der Waals surface area contributed by atoms with Crippen LogP contribution < -0.4 is 5.32 Å². The Labute approximate surface area is 104 Å². The molecule has 1 saturated carbocycles. The Morgan fingerprint density at radius 1 is 1.57 bits per heavy atom. The molecule has 0 aliphatic heterocycles. The first-order valence-electron chi connectivity index (χ1n) is 4.53. The first kappa shape index (κ1) is 11.1. The monoisotopic (exact) mass is 339 g/mol. The van der Waals surface area contributed by atoms with Crippen LogP contribution in [0.5, 0.6) is 0 Å². The van der Waals surface area contributed by atoms with Crippen LogP contribution in [0.4, 0.5) is 0 Å². The van der Waals surface area contributed by atoms with Crippen LogP contribution in [0.15, 0.2) is 14.3 Å². The number of aliphatic hydroxyl groups excluding tert-OH is 1. The van der Waals surface area contributed by atoms with Crippen LogP contribution in [-0.2, 0) is 0 Å². The maximum Gasteiger partial charge on any atom is 0.101 e. The zero-order valence-electron chi connectivity index (χ0n) is 7.46. The van der Waals surface area contributed by atoms with Gasteiger partial charge in [0.1, 0.15) is 6.10 Å². The van der Waals surface area contributed by atoms with E-state index in [1.807, 2.05) is 6.07 Å². The van der Waals surface area contributed by atoms with Crippen LogP contribution in [0, 0.1) is 0 Å². The highest BCUT2D eigenvalue weighted by Gasteiger charge is 2.22. The van der Waals surface area contributed by atoms with Crippen LogP contribution in [-0.4, -0.2) is 17.7 Å². The Hall–Kier alpha value is 0.580. The van der Waals surface area contributed by atoms with Crippen LogP contribution in [0.2, 0.25) is 0 Å². The van der Waals surface area contributed by atoms with Crippen molar-refractivity contribution in [3.05, 3.63) is 19.2 Å². The summed E-state index contributed by atoms with van der Waals surface area (Å²) in [4.78, 5) is 0.997. The molecule has 1 aromatic heterocycles. The fraction of sp³-hybridized carbons (Fsp3) is 0.556. The van der Waals surface area contributed by atoms with E-state index >= 15 is 0 Å². The lowest BCUT2D eigenvalue weighted by molar-refractivity contribution is 0.178. The van der Waals surface area contributed by atoms with Crippen molar-refractivity contribution in [2.75, 3.05) is 6.54 Å². The Morgan fingerprint density at radius 2 is 2.29 bits per heavy atom. The molecule has 78 valence electrons. The van der Waals surface area contributed by atoms with E-state index < -0.39 is 0 Å². The lowest BCUT2D eigenvalue weighted by Gasteiger charge is -2.08. The molecule has 0 saturated heterocycles. The molecule has 1 heterocycles. The normalized spacial score (nSPS) is 18.5. The third kappa shape index (κ3) is 2.79. The summed E-state index contributed by atoms with van der Waals surface area (Å²) in [7, 11) is 0. The Balaban J connectivity index is 1.91. The molecule has 1 fully saturated rings. The molecule has 0 bridgehead atoms. The molecule has 5 heteroatoms. The van der Waals surface area contributed by atoms with E-state index in [0.717, 1.165) is 13.1 Å². The average molecular weight is 341 g/mol. The highest BCUT2D eigenvalue weighted by atomic mass is 79.9. The number of thiophene rings is 1. The molecule has 2 rings (SSSR count). The van der Waals surface area contributed by atoms with E-state index in [-0.39, 0.29) is 6.10 Å². The van der Waals surface area contributed by atoms with Gasteiger partial charge in [-0.15, -0.1) is 11.3 Å². The molecular weight excluding hydrogens is 330 g/mol. The predicted octanol–water partition coefficient (Wildman–Crippen LogP) is 3.06. The standard InChI is InChI=1S/C9H11Br2NOS/c10-6-3-8(14-9(6)11)7(13)4-12-5-1-2-5/h3,5,7,12-13H,1-2,4H2. The van der Waals surface area contributed by atoms with Crippen molar-refractivity contribution in [1.82, 2.24) is 5.32 Å². The smallest absolute Gasteiger partial charge is 0.101 e. The van der Waals surface area contributed by atoms with Crippen molar-refractivity contribution in [2.24, 2.45) is 0 Å². The van der Waals surface area contributed by atoms with Crippen molar-refractivity contribution < 1.29 is 5.11 Å². The summed E-state index contributed by atoms with van der Waals surface area (Å²) in [6, 6.07) is 2.62. The Kier molecular flexibility index (Phi) is 3.65. The fourth-order valence-electron chi connectivity index (χ4n) is 1.19. The minimum Gasteiger partial charge on any atom is -0.386 e. The van der Waals surface area contributed by atoms with E-state index in [0.29, 0.717) is 12.6 Å². The van der Waals surface area contributed by atoms with E-state index in [4.69, 9.17) is 0 Å². The van der Waals surface area contributed by atoms with Gasteiger partial charge in [-0.3, -0.25) is 0 Å². The van der Waals surface area contributed by atoms with Crippen LogP contribution in [0.25, 0.3) is 0 Å². The molecule has 0 radical (unpaired) electrons. The molecule has 0 amide bonds. The molecule has 2 nitrogen and oxygen atoms in total. The molecule has 0 spiro atoms. The van der Waals surface area contributed by atoms with E-state index in [2.05, 4.69) is 37.2 Å². The lowest BCUT2D eigenvalue weighted by Crippen LogP contribution is -2.22. The van der Waals surface area contributed by atoms with E-state index in [1.54, 1.807) is 11.3 Å². The van der Waals surface area contributed by atoms with Gasteiger partial charge in [-0.05, 0) is 50.8 Å². The average Bonchev–Trinajstić information content (AvgIpc) is 2.91. The molecule has 1 aliphatic carbocycles. The quantitative estimate of drug-likeness (QED) is 0.882. The first-order valence-corrected chi connectivity index (χ1v) is 6.93. The third-order valence-electron chi connectivity index (χ3n) is 2.17. The van der Waals surface area contributed by atoms with Crippen molar-refractivity contribution in [3.8, 4) is 0 Å². The second-order valence-corrected chi connectivity index (χ2v) is 6.72. The second kappa shape index (κ2) is 4.61. The SMILES string of the molecule is OC(CNC1CC1)c1cc(Br)c(Br)s1. The molecule has 1 aliphatic rings. The summed E-state index contributed by atoms with van der Waals surface area (Å²) in [5.74, 6) is 0. The highest BCUT2D eigenvalue weighted by Crippen LogP contribution is 2.35. The number of aliphatic hydroxyl groups is 1. The minimum atomic E-state index is -0.386. The number of halogens is 2. The van der Waals surface area contributed by atoms with Gasteiger partial charge in [0.05, 0.1) is 3.79 Å². The van der Waals surface area contributed by atoms with Gasteiger partial charge >= 0.3 is 0 Å². The van der Waals surface area contributed by atoms with Gasteiger partial charge in [0, 0.05) is 21.9 Å². The lowest BCUT2D eigenvalue weighted by atomic mass is 10.3. The van der Waals surface area contributed by atoms with Crippen LogP contribution in [0.1, 0.15) is 23.8 Å².